The first-order valence-corrected chi connectivity index (χ1v) is 18.2. The van der Waals surface area contributed by atoms with Crippen LogP contribution >= 0.6 is 11.6 Å². The molecule has 0 saturated heterocycles. The molecule has 14 nitrogen and oxygen atoms in total. The van der Waals surface area contributed by atoms with Crippen LogP contribution in [-0.2, 0) is 24.7 Å². The van der Waals surface area contributed by atoms with Crippen molar-refractivity contribution in [2.45, 2.75) is 37.0 Å². The van der Waals surface area contributed by atoms with E-state index in [-0.39, 0.29) is 30.4 Å². The number of carbonyl (C=O) groups excluding carboxylic acids is 4. The van der Waals surface area contributed by atoms with E-state index in [1.165, 1.54) is 24.3 Å². The second kappa shape index (κ2) is 18.0. The number of aromatic nitrogens is 3. The molecule has 0 radical (unpaired) electrons. The molecule has 6 rings (SSSR count). The summed E-state index contributed by atoms with van der Waals surface area (Å²) in [7, 11) is 1.14. The van der Waals surface area contributed by atoms with E-state index in [0.29, 0.717) is 29.2 Å². The van der Waals surface area contributed by atoms with Gasteiger partial charge in [0.05, 0.1) is 12.6 Å². The standard InChI is InChI=1S/C40H36ClF3N8O6/c1-57-35(56)31(19-22-45-33(54)34(55)46-29-15-7-25(8-16-29)24-5-3-2-4-6-24)48-32(53)26-9-17-30(18-10-26)47-36-49-37(51-38(50-36)58-23-40(42,43)44)52-39(20-21-39)27-11-13-28(41)14-12-27/h2-18,31H,19-23H2,1H3,(H,45,54)(H,46,55)(H,48,53)(H2,47,49,50,51,52)/t31-/m0/s1. The van der Waals surface area contributed by atoms with E-state index in [1.54, 1.807) is 24.3 Å². The summed E-state index contributed by atoms with van der Waals surface area (Å²) < 4.78 is 48.6. The van der Waals surface area contributed by atoms with Crippen molar-refractivity contribution in [3.63, 3.8) is 0 Å². The van der Waals surface area contributed by atoms with Gasteiger partial charge in [-0.2, -0.15) is 28.1 Å². The Kier molecular flexibility index (Phi) is 12.7. The highest BCUT2D eigenvalue weighted by atomic mass is 35.5. The van der Waals surface area contributed by atoms with Crippen molar-refractivity contribution >= 4 is 58.6 Å². The van der Waals surface area contributed by atoms with Gasteiger partial charge in [-0.15, -0.1) is 0 Å². The maximum Gasteiger partial charge on any atom is 0.422 e. The Balaban J connectivity index is 1.04. The second-order valence-electron chi connectivity index (χ2n) is 13.1. The van der Waals surface area contributed by atoms with Crippen LogP contribution in [0.15, 0.2) is 103 Å². The largest absolute Gasteiger partial charge is 0.467 e. The highest BCUT2D eigenvalue weighted by molar-refractivity contribution is 6.39. The first-order chi connectivity index (χ1) is 27.8. The lowest BCUT2D eigenvalue weighted by atomic mass is 10.1. The number of rotatable bonds is 15. The number of alkyl halides is 3. The van der Waals surface area contributed by atoms with Crippen molar-refractivity contribution < 1.29 is 41.8 Å². The van der Waals surface area contributed by atoms with Crippen molar-refractivity contribution in [2.75, 3.05) is 36.2 Å². The van der Waals surface area contributed by atoms with E-state index in [0.717, 1.165) is 23.8 Å². The van der Waals surface area contributed by atoms with Gasteiger partial charge in [-0.25, -0.2) is 4.79 Å². The lowest BCUT2D eigenvalue weighted by Crippen LogP contribution is -2.44. The lowest BCUT2D eigenvalue weighted by Gasteiger charge is -2.19. The third-order valence-corrected chi connectivity index (χ3v) is 9.10. The number of ether oxygens (including phenoxy) is 2. The van der Waals surface area contributed by atoms with E-state index < -0.39 is 54.1 Å². The van der Waals surface area contributed by atoms with Gasteiger partial charge in [0.2, 0.25) is 11.9 Å². The summed E-state index contributed by atoms with van der Waals surface area (Å²) in [5.74, 6) is -3.47. The Hall–Kier alpha value is -6.75. The van der Waals surface area contributed by atoms with Gasteiger partial charge in [0.25, 0.3) is 5.91 Å². The molecule has 4 aromatic carbocycles. The topological polar surface area (TPSA) is 186 Å². The van der Waals surface area contributed by atoms with Crippen molar-refractivity contribution in [2.24, 2.45) is 0 Å². The SMILES string of the molecule is COC(=O)[C@H](CCNC(=O)C(=O)Nc1ccc(-c2ccccc2)cc1)NC(=O)c1ccc(Nc2nc(NC3(c4ccc(Cl)cc4)CC3)nc(OCC(F)(F)F)n2)cc1. The number of methoxy groups -OCH3 is 1. The molecule has 0 spiro atoms. The molecule has 58 heavy (non-hydrogen) atoms. The predicted molar refractivity (Wildman–Crippen MR) is 208 cm³/mol. The highest BCUT2D eigenvalue weighted by Gasteiger charge is 2.45. The van der Waals surface area contributed by atoms with Crippen molar-refractivity contribution in [3.8, 4) is 17.1 Å². The van der Waals surface area contributed by atoms with Crippen LogP contribution in [0.5, 0.6) is 6.01 Å². The molecule has 5 aromatic rings. The zero-order valence-electron chi connectivity index (χ0n) is 30.7. The molecule has 1 atom stereocenters. The fraction of sp³-hybridized carbons (Fsp3) is 0.225. The van der Waals surface area contributed by atoms with Crippen LogP contribution in [0.4, 0.5) is 36.4 Å². The van der Waals surface area contributed by atoms with E-state index in [4.69, 9.17) is 21.1 Å². The monoisotopic (exact) mass is 816 g/mol. The van der Waals surface area contributed by atoms with Crippen molar-refractivity contribution in [1.29, 1.82) is 0 Å². The van der Waals surface area contributed by atoms with E-state index in [9.17, 15) is 32.3 Å². The molecule has 1 heterocycles. The van der Waals surface area contributed by atoms with Crippen LogP contribution in [0.25, 0.3) is 11.1 Å². The van der Waals surface area contributed by atoms with Gasteiger partial charge < -0.3 is 36.1 Å². The van der Waals surface area contributed by atoms with E-state index >= 15 is 0 Å². The minimum Gasteiger partial charge on any atom is -0.467 e. The van der Waals surface area contributed by atoms with E-state index in [1.807, 2.05) is 54.6 Å². The molecule has 1 aliphatic rings. The first-order valence-electron chi connectivity index (χ1n) is 17.8. The fourth-order valence-corrected chi connectivity index (χ4v) is 5.84. The zero-order valence-corrected chi connectivity index (χ0v) is 31.5. The van der Waals surface area contributed by atoms with Gasteiger partial charge >= 0.3 is 30.0 Å². The zero-order chi connectivity index (χ0) is 41.3. The minimum atomic E-state index is -4.64. The number of hydrogen-bond acceptors (Lipinski definition) is 11. The molecule has 1 fully saturated rings. The van der Waals surface area contributed by atoms with Crippen LogP contribution in [0, 0.1) is 0 Å². The van der Waals surface area contributed by atoms with Crippen LogP contribution in [0.3, 0.4) is 0 Å². The molecule has 1 aromatic heterocycles. The Morgan fingerprint density at radius 1 is 0.793 bits per heavy atom. The van der Waals surface area contributed by atoms with Gasteiger partial charge in [0.15, 0.2) is 6.61 Å². The summed E-state index contributed by atoms with van der Waals surface area (Å²) in [4.78, 5) is 63.0. The first kappa shape index (κ1) is 40.9. The Morgan fingerprint density at radius 3 is 2.07 bits per heavy atom. The number of halogens is 4. The third-order valence-electron chi connectivity index (χ3n) is 8.85. The van der Waals surface area contributed by atoms with Gasteiger partial charge in [0.1, 0.15) is 6.04 Å². The van der Waals surface area contributed by atoms with Crippen LogP contribution in [0.1, 0.15) is 35.2 Å². The van der Waals surface area contributed by atoms with Crippen LogP contribution in [-0.4, -0.2) is 71.1 Å². The molecule has 0 bridgehead atoms. The summed E-state index contributed by atoms with van der Waals surface area (Å²) in [5.41, 5.74) is 3.15. The molecule has 18 heteroatoms. The van der Waals surface area contributed by atoms with Crippen LogP contribution < -0.4 is 31.3 Å². The molecule has 1 aliphatic carbocycles. The van der Waals surface area contributed by atoms with Gasteiger partial charge in [-0.05, 0) is 84.5 Å². The number of anilines is 4. The molecule has 5 N–H and O–H groups in total. The number of carbonyl (C=O) groups is 4. The maximum atomic E-state index is 13.1. The Labute approximate surface area is 334 Å². The highest BCUT2D eigenvalue weighted by Crippen LogP contribution is 2.48. The molecule has 3 amide bonds. The molecule has 0 aliphatic heterocycles. The molecule has 300 valence electrons. The molecular weight excluding hydrogens is 781 g/mol. The summed E-state index contributed by atoms with van der Waals surface area (Å²) in [6, 6.07) is 27.8. The fourth-order valence-electron chi connectivity index (χ4n) is 5.71. The summed E-state index contributed by atoms with van der Waals surface area (Å²) in [6.45, 7) is -1.78. The smallest absolute Gasteiger partial charge is 0.422 e. The molecule has 1 saturated carbocycles. The van der Waals surface area contributed by atoms with Crippen molar-refractivity contribution in [1.82, 2.24) is 25.6 Å². The van der Waals surface area contributed by atoms with Gasteiger partial charge in [-0.3, -0.25) is 14.4 Å². The Morgan fingerprint density at radius 2 is 1.43 bits per heavy atom. The van der Waals surface area contributed by atoms with Crippen LogP contribution in [0.2, 0.25) is 5.02 Å². The average molecular weight is 817 g/mol. The number of nitrogens with one attached hydrogen (secondary N) is 5. The third kappa shape index (κ3) is 11.2. The summed E-state index contributed by atoms with van der Waals surface area (Å²) in [6.07, 6.45) is -3.32. The average Bonchev–Trinajstić information content (AvgIpc) is 4.00. The quantitative estimate of drug-likeness (QED) is 0.0582. The number of nitrogens with zero attached hydrogens (tertiary/aromatic N) is 3. The number of hydrogen-bond donors (Lipinski definition) is 5. The number of esters is 1. The summed E-state index contributed by atoms with van der Waals surface area (Å²) >= 11 is 6.04. The normalized spacial score (nSPS) is 13.3. The Bertz CT molecular complexity index is 2240. The van der Waals surface area contributed by atoms with Crippen molar-refractivity contribution in [3.05, 3.63) is 119 Å². The number of amides is 3. The van der Waals surface area contributed by atoms with Gasteiger partial charge in [-0.1, -0.05) is 66.2 Å². The van der Waals surface area contributed by atoms with E-state index in [2.05, 4.69) is 41.5 Å². The second-order valence-corrected chi connectivity index (χ2v) is 13.5. The number of benzene rings is 4. The molecular formula is C40H36ClF3N8O6. The van der Waals surface area contributed by atoms with Gasteiger partial charge in [0, 0.05) is 28.5 Å². The molecule has 0 unspecified atom stereocenters. The maximum absolute atomic E-state index is 13.1. The minimum absolute atomic E-state index is 0.0300. The summed E-state index contributed by atoms with van der Waals surface area (Å²) in [5, 5.41) is 14.1. The predicted octanol–water partition coefficient (Wildman–Crippen LogP) is 6.39. The lowest BCUT2D eigenvalue weighted by molar-refractivity contribution is -0.154.